The monoisotopic (exact) mass is 521 g/mol. The molecule has 1 aromatic heterocycles. The van der Waals surface area contributed by atoms with Gasteiger partial charge >= 0.3 is 5.97 Å². The first-order valence-electron chi connectivity index (χ1n) is 8.74. The van der Waals surface area contributed by atoms with Crippen molar-refractivity contribution in [2.24, 2.45) is 5.10 Å². The predicted molar refractivity (Wildman–Crippen MR) is 118 cm³/mol. The molecule has 0 aliphatic carbocycles. The molecule has 1 heterocycles. The van der Waals surface area contributed by atoms with Gasteiger partial charge in [0.2, 0.25) is 0 Å². The van der Waals surface area contributed by atoms with Gasteiger partial charge < -0.3 is 9.84 Å². The third-order valence-electron chi connectivity index (χ3n) is 4.13. The maximum Gasteiger partial charge on any atom is 0.344 e. The number of hydrogen-bond acceptors (Lipinski definition) is 5. The van der Waals surface area contributed by atoms with Crippen LogP contribution in [0.4, 0.5) is 0 Å². The summed E-state index contributed by atoms with van der Waals surface area (Å²) in [6.45, 7) is 3.33. The van der Waals surface area contributed by atoms with Gasteiger partial charge in [-0.2, -0.15) is 9.78 Å². The van der Waals surface area contributed by atoms with Crippen molar-refractivity contribution >= 4 is 54.9 Å². The summed E-state index contributed by atoms with van der Waals surface area (Å²) < 4.78 is 8.29. The number of aromatic nitrogens is 2. The van der Waals surface area contributed by atoms with Crippen LogP contribution in [0.25, 0.3) is 10.9 Å². The molecule has 1 N–H and O–H groups in total. The summed E-state index contributed by atoms with van der Waals surface area (Å²) in [4.78, 5) is 28.6. The molecule has 0 aliphatic heterocycles. The Kier molecular flexibility index (Phi) is 6.49. The Balaban J connectivity index is 2.09. The molecular formula is C20H17Br2N3O4. The molecule has 0 bridgehead atoms. The molecule has 9 heteroatoms. The van der Waals surface area contributed by atoms with Crippen LogP contribution < -0.4 is 10.3 Å². The lowest BCUT2D eigenvalue weighted by molar-refractivity contribution is -0.144. The SMILES string of the molecule is CCc1nc2ccc(Br)cc2c(=O)n1N=Cc1cc(Br)ccc1O[C@H](C)C(=O)O. The number of carbonyl (C=O) groups is 1. The second-order valence-corrected chi connectivity index (χ2v) is 8.02. The molecule has 0 saturated heterocycles. The minimum absolute atomic E-state index is 0.291. The van der Waals surface area contributed by atoms with Crippen molar-refractivity contribution in [2.45, 2.75) is 26.4 Å². The average molecular weight is 523 g/mol. The van der Waals surface area contributed by atoms with E-state index in [0.717, 1.165) is 8.95 Å². The van der Waals surface area contributed by atoms with Gasteiger partial charge in [-0.25, -0.2) is 9.78 Å². The summed E-state index contributed by atoms with van der Waals surface area (Å²) in [5.41, 5.74) is 0.833. The molecule has 0 amide bonds. The fourth-order valence-electron chi connectivity index (χ4n) is 2.63. The zero-order valence-corrected chi connectivity index (χ0v) is 18.8. The van der Waals surface area contributed by atoms with Crippen LogP contribution in [0.3, 0.4) is 0 Å². The summed E-state index contributed by atoms with van der Waals surface area (Å²) in [5, 5.41) is 13.9. The lowest BCUT2D eigenvalue weighted by Gasteiger charge is -2.13. The van der Waals surface area contributed by atoms with E-state index in [1.165, 1.54) is 17.8 Å². The van der Waals surface area contributed by atoms with Crippen LogP contribution in [0, 0.1) is 0 Å². The van der Waals surface area contributed by atoms with Crippen molar-refractivity contribution in [3.8, 4) is 5.75 Å². The number of carboxylic acid groups (broad SMARTS) is 1. The number of benzene rings is 2. The Morgan fingerprint density at radius 1 is 1.28 bits per heavy atom. The van der Waals surface area contributed by atoms with Crippen molar-refractivity contribution in [1.29, 1.82) is 0 Å². The number of nitrogens with zero attached hydrogens (tertiary/aromatic N) is 3. The van der Waals surface area contributed by atoms with Crippen molar-refractivity contribution in [3.05, 3.63) is 67.1 Å². The van der Waals surface area contributed by atoms with E-state index in [9.17, 15) is 9.59 Å². The first-order chi connectivity index (χ1) is 13.8. The Bertz CT molecular complexity index is 1170. The molecule has 7 nitrogen and oxygen atoms in total. The summed E-state index contributed by atoms with van der Waals surface area (Å²) >= 11 is 6.75. The van der Waals surface area contributed by atoms with Gasteiger partial charge in [-0.05, 0) is 43.3 Å². The molecule has 150 valence electrons. The Morgan fingerprint density at radius 3 is 2.66 bits per heavy atom. The molecule has 0 radical (unpaired) electrons. The van der Waals surface area contributed by atoms with Crippen molar-refractivity contribution < 1.29 is 14.6 Å². The van der Waals surface area contributed by atoms with E-state index >= 15 is 0 Å². The van der Waals surface area contributed by atoms with Gasteiger partial charge in [0, 0.05) is 20.9 Å². The van der Waals surface area contributed by atoms with Crippen molar-refractivity contribution in [2.75, 3.05) is 0 Å². The quantitative estimate of drug-likeness (QED) is 0.489. The van der Waals surface area contributed by atoms with E-state index in [2.05, 4.69) is 41.9 Å². The normalized spacial score (nSPS) is 12.4. The van der Waals surface area contributed by atoms with Gasteiger partial charge in [-0.1, -0.05) is 38.8 Å². The van der Waals surface area contributed by atoms with Gasteiger partial charge in [0.1, 0.15) is 11.6 Å². The fourth-order valence-corrected chi connectivity index (χ4v) is 3.37. The Hall–Kier alpha value is -2.52. The number of hydrogen-bond donors (Lipinski definition) is 1. The Morgan fingerprint density at radius 2 is 1.97 bits per heavy atom. The molecule has 0 saturated carbocycles. The van der Waals surface area contributed by atoms with Crippen LogP contribution in [0.5, 0.6) is 5.75 Å². The van der Waals surface area contributed by atoms with Gasteiger partial charge in [0.05, 0.1) is 17.1 Å². The van der Waals surface area contributed by atoms with Crippen LogP contribution in [0.2, 0.25) is 0 Å². The van der Waals surface area contributed by atoms with Crippen LogP contribution in [-0.4, -0.2) is 33.1 Å². The van der Waals surface area contributed by atoms with Gasteiger partial charge in [0.25, 0.3) is 5.56 Å². The zero-order valence-electron chi connectivity index (χ0n) is 15.6. The smallest absolute Gasteiger partial charge is 0.344 e. The van der Waals surface area contributed by atoms with Crippen molar-refractivity contribution in [1.82, 2.24) is 9.66 Å². The fraction of sp³-hybridized carbons (Fsp3) is 0.200. The topological polar surface area (TPSA) is 93.8 Å². The average Bonchev–Trinajstić information content (AvgIpc) is 2.69. The molecule has 2 aromatic carbocycles. The largest absolute Gasteiger partial charge is 0.479 e. The molecule has 0 unspecified atom stereocenters. The molecule has 0 aliphatic rings. The number of aliphatic carboxylic acids is 1. The van der Waals surface area contributed by atoms with Crippen LogP contribution >= 0.6 is 31.9 Å². The van der Waals surface area contributed by atoms with Crippen LogP contribution in [-0.2, 0) is 11.2 Å². The number of rotatable bonds is 6. The van der Waals surface area contributed by atoms with Crippen molar-refractivity contribution in [3.63, 3.8) is 0 Å². The standard InChI is InChI=1S/C20H17Br2N3O4/c1-3-18-24-16-6-4-14(22)9-15(16)19(26)25(18)23-10-12-8-13(21)5-7-17(12)29-11(2)20(27)28/h4-11H,3H2,1-2H3,(H,27,28)/t11-/m1/s1. The van der Waals surface area contributed by atoms with Crippen LogP contribution in [0.1, 0.15) is 25.2 Å². The number of carboxylic acids is 1. The van der Waals surface area contributed by atoms with E-state index in [0.29, 0.717) is 34.5 Å². The van der Waals surface area contributed by atoms with E-state index in [1.807, 2.05) is 13.0 Å². The molecule has 3 rings (SSSR count). The maximum absolute atomic E-state index is 13.0. The highest BCUT2D eigenvalue weighted by Crippen LogP contribution is 2.23. The molecule has 1 atom stereocenters. The van der Waals surface area contributed by atoms with Gasteiger partial charge in [-0.3, -0.25) is 4.79 Å². The van der Waals surface area contributed by atoms with Gasteiger partial charge in [0.15, 0.2) is 6.10 Å². The first kappa shape index (κ1) is 21.2. The highest BCUT2D eigenvalue weighted by atomic mass is 79.9. The minimum atomic E-state index is -1.08. The lowest BCUT2D eigenvalue weighted by Crippen LogP contribution is -2.24. The van der Waals surface area contributed by atoms with E-state index in [1.54, 1.807) is 30.3 Å². The molecule has 0 spiro atoms. The number of halogens is 2. The predicted octanol–water partition coefficient (Wildman–Crippen LogP) is 4.22. The third kappa shape index (κ3) is 4.73. The summed E-state index contributed by atoms with van der Waals surface area (Å²) in [6.07, 6.45) is 0.939. The summed E-state index contributed by atoms with van der Waals surface area (Å²) in [6, 6.07) is 10.4. The number of aryl methyl sites for hydroxylation is 1. The summed E-state index contributed by atoms with van der Waals surface area (Å²) in [7, 11) is 0. The highest BCUT2D eigenvalue weighted by molar-refractivity contribution is 9.10. The number of ether oxygens (including phenoxy) is 1. The molecule has 29 heavy (non-hydrogen) atoms. The van der Waals surface area contributed by atoms with Gasteiger partial charge in [-0.15, -0.1) is 0 Å². The maximum atomic E-state index is 13.0. The summed E-state index contributed by atoms with van der Waals surface area (Å²) in [5.74, 6) is -0.225. The molecular weight excluding hydrogens is 506 g/mol. The second kappa shape index (κ2) is 8.87. The minimum Gasteiger partial charge on any atom is -0.479 e. The molecule has 0 fully saturated rings. The molecule has 3 aromatic rings. The first-order valence-corrected chi connectivity index (χ1v) is 10.3. The number of fused-ring (bicyclic) bond motifs is 1. The van der Waals surface area contributed by atoms with E-state index in [-0.39, 0.29) is 5.56 Å². The zero-order chi connectivity index (χ0) is 21.1. The third-order valence-corrected chi connectivity index (χ3v) is 5.11. The second-order valence-electron chi connectivity index (χ2n) is 6.19. The highest BCUT2D eigenvalue weighted by Gasteiger charge is 2.15. The lowest BCUT2D eigenvalue weighted by atomic mass is 10.2. The van der Waals surface area contributed by atoms with E-state index < -0.39 is 12.1 Å². The van der Waals surface area contributed by atoms with E-state index in [4.69, 9.17) is 9.84 Å². The van der Waals surface area contributed by atoms with Crippen LogP contribution in [0.15, 0.2) is 55.2 Å². The Labute approximate surface area is 183 Å².